The third-order valence-corrected chi connectivity index (χ3v) is 3.32. The van der Waals surface area contributed by atoms with Crippen LogP contribution in [0.2, 0.25) is 0 Å². The van der Waals surface area contributed by atoms with Crippen LogP contribution >= 0.6 is 0 Å². The van der Waals surface area contributed by atoms with Crippen molar-refractivity contribution in [1.29, 1.82) is 0 Å². The van der Waals surface area contributed by atoms with Gasteiger partial charge in [0.2, 0.25) is 0 Å². The van der Waals surface area contributed by atoms with Gasteiger partial charge in [-0.25, -0.2) is 0 Å². The van der Waals surface area contributed by atoms with Gasteiger partial charge in [-0.05, 0) is 37.1 Å². The van der Waals surface area contributed by atoms with Gasteiger partial charge in [0.25, 0.3) is 5.91 Å². The molecule has 1 atom stereocenters. The van der Waals surface area contributed by atoms with Gasteiger partial charge in [0.15, 0.2) is 0 Å². The van der Waals surface area contributed by atoms with Crippen molar-refractivity contribution in [3.8, 4) is 5.75 Å². The Kier molecular flexibility index (Phi) is 4.41. The minimum atomic E-state index is -0.0975. The van der Waals surface area contributed by atoms with Gasteiger partial charge in [-0.3, -0.25) is 4.79 Å². The molecule has 1 amide bonds. The quantitative estimate of drug-likeness (QED) is 0.922. The maximum atomic E-state index is 12.2. The Hall–Kier alpha value is -2.29. The lowest BCUT2D eigenvalue weighted by molar-refractivity contribution is 0.0939. The Bertz CT molecular complexity index is 593. The highest BCUT2D eigenvalue weighted by atomic mass is 16.5. The first kappa shape index (κ1) is 14.1. The SMILES string of the molecule is COc1cc(C(=O)NC(C)c2ccccc2)ccc1C. The lowest BCUT2D eigenvalue weighted by Gasteiger charge is -2.15. The zero-order valence-corrected chi connectivity index (χ0v) is 12.0. The number of benzene rings is 2. The lowest BCUT2D eigenvalue weighted by atomic mass is 10.1. The Balaban J connectivity index is 2.12. The molecule has 2 aromatic rings. The highest BCUT2D eigenvalue weighted by molar-refractivity contribution is 5.95. The second-order valence-electron chi connectivity index (χ2n) is 4.79. The molecule has 1 unspecified atom stereocenters. The van der Waals surface area contributed by atoms with E-state index in [1.54, 1.807) is 13.2 Å². The molecule has 0 heterocycles. The number of hydrogen-bond acceptors (Lipinski definition) is 2. The number of rotatable bonds is 4. The van der Waals surface area contributed by atoms with Crippen LogP contribution in [0.15, 0.2) is 48.5 Å². The van der Waals surface area contributed by atoms with E-state index in [4.69, 9.17) is 4.74 Å². The molecule has 0 bridgehead atoms. The molecule has 0 saturated carbocycles. The van der Waals surface area contributed by atoms with Gasteiger partial charge in [0.05, 0.1) is 13.2 Å². The van der Waals surface area contributed by atoms with E-state index in [0.29, 0.717) is 5.56 Å². The molecular weight excluding hydrogens is 250 g/mol. The molecule has 0 aromatic heterocycles. The second-order valence-corrected chi connectivity index (χ2v) is 4.79. The molecule has 0 aliphatic carbocycles. The summed E-state index contributed by atoms with van der Waals surface area (Å²) in [5, 5.41) is 2.99. The summed E-state index contributed by atoms with van der Waals surface area (Å²) in [6, 6.07) is 15.3. The van der Waals surface area contributed by atoms with Gasteiger partial charge in [-0.2, -0.15) is 0 Å². The number of methoxy groups -OCH3 is 1. The van der Waals surface area contributed by atoms with Crippen LogP contribution in [-0.4, -0.2) is 13.0 Å². The highest BCUT2D eigenvalue weighted by Crippen LogP contribution is 2.20. The normalized spacial score (nSPS) is 11.8. The molecule has 3 nitrogen and oxygen atoms in total. The van der Waals surface area contributed by atoms with E-state index in [9.17, 15) is 4.79 Å². The number of carbonyl (C=O) groups is 1. The summed E-state index contributed by atoms with van der Waals surface area (Å²) in [7, 11) is 1.61. The molecule has 20 heavy (non-hydrogen) atoms. The van der Waals surface area contributed by atoms with Crippen molar-refractivity contribution in [3.63, 3.8) is 0 Å². The number of ether oxygens (including phenoxy) is 1. The Morgan fingerprint density at radius 3 is 2.50 bits per heavy atom. The van der Waals surface area contributed by atoms with Crippen molar-refractivity contribution in [2.24, 2.45) is 0 Å². The van der Waals surface area contributed by atoms with Crippen LogP contribution in [0.3, 0.4) is 0 Å². The zero-order chi connectivity index (χ0) is 14.5. The Morgan fingerprint density at radius 2 is 1.85 bits per heavy atom. The Morgan fingerprint density at radius 1 is 1.15 bits per heavy atom. The summed E-state index contributed by atoms with van der Waals surface area (Å²) >= 11 is 0. The lowest BCUT2D eigenvalue weighted by Crippen LogP contribution is -2.26. The molecule has 3 heteroatoms. The molecular formula is C17H19NO2. The Labute approximate surface area is 119 Å². The molecule has 0 saturated heterocycles. The standard InChI is InChI=1S/C17H19NO2/c1-12-9-10-15(11-16(12)20-3)17(19)18-13(2)14-7-5-4-6-8-14/h4-11,13H,1-3H3,(H,18,19). The van der Waals surface area contributed by atoms with Gasteiger partial charge < -0.3 is 10.1 Å². The maximum Gasteiger partial charge on any atom is 0.251 e. The van der Waals surface area contributed by atoms with E-state index in [2.05, 4.69) is 5.32 Å². The maximum absolute atomic E-state index is 12.2. The van der Waals surface area contributed by atoms with Crippen molar-refractivity contribution >= 4 is 5.91 Å². The molecule has 104 valence electrons. The van der Waals surface area contributed by atoms with E-state index >= 15 is 0 Å². The van der Waals surface area contributed by atoms with E-state index in [1.165, 1.54) is 0 Å². The van der Waals surface area contributed by atoms with Gasteiger partial charge >= 0.3 is 0 Å². The molecule has 2 rings (SSSR count). The summed E-state index contributed by atoms with van der Waals surface area (Å²) in [5.74, 6) is 0.629. The first-order valence-corrected chi connectivity index (χ1v) is 6.62. The number of nitrogens with one attached hydrogen (secondary N) is 1. The average Bonchev–Trinajstić information content (AvgIpc) is 2.48. The molecule has 0 aliphatic heterocycles. The van der Waals surface area contributed by atoms with E-state index in [-0.39, 0.29) is 11.9 Å². The average molecular weight is 269 g/mol. The molecule has 0 fully saturated rings. The van der Waals surface area contributed by atoms with Crippen LogP contribution in [-0.2, 0) is 0 Å². The van der Waals surface area contributed by atoms with Gasteiger partial charge in [0, 0.05) is 5.56 Å². The van der Waals surface area contributed by atoms with Crippen molar-refractivity contribution in [2.75, 3.05) is 7.11 Å². The molecule has 2 aromatic carbocycles. The van der Waals surface area contributed by atoms with Crippen LogP contribution in [0.1, 0.15) is 34.5 Å². The molecule has 0 radical (unpaired) electrons. The predicted octanol–water partition coefficient (Wildman–Crippen LogP) is 3.49. The zero-order valence-electron chi connectivity index (χ0n) is 12.0. The number of carbonyl (C=O) groups excluding carboxylic acids is 1. The van der Waals surface area contributed by atoms with Crippen LogP contribution in [0.5, 0.6) is 5.75 Å². The number of aryl methyl sites for hydroxylation is 1. The van der Waals surface area contributed by atoms with E-state index in [1.807, 2.05) is 56.3 Å². The topological polar surface area (TPSA) is 38.3 Å². The third-order valence-electron chi connectivity index (χ3n) is 3.32. The monoisotopic (exact) mass is 269 g/mol. The van der Waals surface area contributed by atoms with Crippen molar-refractivity contribution < 1.29 is 9.53 Å². The van der Waals surface area contributed by atoms with Gasteiger partial charge in [0.1, 0.15) is 5.75 Å². The fourth-order valence-corrected chi connectivity index (χ4v) is 2.07. The fraction of sp³-hybridized carbons (Fsp3) is 0.235. The number of amides is 1. The summed E-state index contributed by atoms with van der Waals surface area (Å²) in [6.45, 7) is 3.92. The summed E-state index contributed by atoms with van der Waals surface area (Å²) in [5.41, 5.74) is 2.70. The minimum absolute atomic E-state index is 0.0315. The van der Waals surface area contributed by atoms with Crippen molar-refractivity contribution in [1.82, 2.24) is 5.32 Å². The molecule has 0 aliphatic rings. The van der Waals surface area contributed by atoms with Crippen LogP contribution in [0, 0.1) is 6.92 Å². The third kappa shape index (κ3) is 3.18. The summed E-state index contributed by atoms with van der Waals surface area (Å²) in [4.78, 5) is 12.2. The predicted molar refractivity (Wildman–Crippen MR) is 80.1 cm³/mol. The first-order chi connectivity index (χ1) is 9.61. The van der Waals surface area contributed by atoms with Crippen molar-refractivity contribution in [2.45, 2.75) is 19.9 Å². The minimum Gasteiger partial charge on any atom is -0.496 e. The van der Waals surface area contributed by atoms with E-state index < -0.39 is 0 Å². The first-order valence-electron chi connectivity index (χ1n) is 6.62. The summed E-state index contributed by atoms with van der Waals surface area (Å²) < 4.78 is 5.25. The molecule has 1 N–H and O–H groups in total. The number of hydrogen-bond donors (Lipinski definition) is 1. The van der Waals surface area contributed by atoms with Crippen molar-refractivity contribution in [3.05, 3.63) is 65.2 Å². The van der Waals surface area contributed by atoms with Crippen LogP contribution in [0.25, 0.3) is 0 Å². The van der Waals surface area contributed by atoms with Gasteiger partial charge in [-0.15, -0.1) is 0 Å². The van der Waals surface area contributed by atoms with Gasteiger partial charge in [-0.1, -0.05) is 36.4 Å². The van der Waals surface area contributed by atoms with E-state index in [0.717, 1.165) is 16.9 Å². The van der Waals surface area contributed by atoms with Crippen LogP contribution < -0.4 is 10.1 Å². The smallest absolute Gasteiger partial charge is 0.251 e. The largest absolute Gasteiger partial charge is 0.496 e. The van der Waals surface area contributed by atoms with Crippen LogP contribution in [0.4, 0.5) is 0 Å². The molecule has 0 spiro atoms. The fourth-order valence-electron chi connectivity index (χ4n) is 2.07. The highest BCUT2D eigenvalue weighted by Gasteiger charge is 2.12. The summed E-state index contributed by atoms with van der Waals surface area (Å²) in [6.07, 6.45) is 0. The second kappa shape index (κ2) is 6.24.